The standard InChI is InChI=1S/C16H26O2/c1-4-13(2)15-8-10-16(11-9-15)18-12-6-5-7-14(3)17/h8-11,13-14,17H,4-7,12H2,1-3H3. The minimum absolute atomic E-state index is 0.195. The van der Waals surface area contributed by atoms with Crippen molar-refractivity contribution < 1.29 is 9.84 Å². The number of hydrogen-bond acceptors (Lipinski definition) is 2. The highest BCUT2D eigenvalue weighted by Crippen LogP contribution is 2.21. The minimum Gasteiger partial charge on any atom is -0.494 e. The highest BCUT2D eigenvalue weighted by molar-refractivity contribution is 5.29. The molecule has 2 heteroatoms. The van der Waals surface area contributed by atoms with Crippen LogP contribution in [0.4, 0.5) is 0 Å². The van der Waals surface area contributed by atoms with Gasteiger partial charge in [-0.05, 0) is 56.2 Å². The van der Waals surface area contributed by atoms with E-state index in [0.29, 0.717) is 5.92 Å². The zero-order chi connectivity index (χ0) is 13.4. The number of aliphatic hydroxyl groups is 1. The van der Waals surface area contributed by atoms with E-state index >= 15 is 0 Å². The molecule has 0 spiro atoms. The fraction of sp³-hybridized carbons (Fsp3) is 0.625. The predicted molar refractivity (Wildman–Crippen MR) is 76.2 cm³/mol. The van der Waals surface area contributed by atoms with E-state index < -0.39 is 0 Å². The maximum absolute atomic E-state index is 9.13. The number of unbranched alkanes of at least 4 members (excludes halogenated alkanes) is 1. The zero-order valence-electron chi connectivity index (χ0n) is 11.9. The van der Waals surface area contributed by atoms with Crippen LogP contribution >= 0.6 is 0 Å². The van der Waals surface area contributed by atoms with Gasteiger partial charge in [-0.15, -0.1) is 0 Å². The van der Waals surface area contributed by atoms with Crippen molar-refractivity contribution in [2.75, 3.05) is 6.61 Å². The topological polar surface area (TPSA) is 29.5 Å². The molecule has 1 aromatic carbocycles. The van der Waals surface area contributed by atoms with E-state index in [1.165, 1.54) is 12.0 Å². The Hall–Kier alpha value is -1.02. The van der Waals surface area contributed by atoms with Gasteiger partial charge in [-0.2, -0.15) is 0 Å². The summed E-state index contributed by atoms with van der Waals surface area (Å²) in [6, 6.07) is 8.41. The average molecular weight is 250 g/mol. The first-order chi connectivity index (χ1) is 8.63. The Morgan fingerprint density at radius 2 is 1.78 bits per heavy atom. The third-order valence-corrected chi connectivity index (χ3v) is 3.35. The number of benzene rings is 1. The van der Waals surface area contributed by atoms with Crippen LogP contribution in [-0.4, -0.2) is 17.8 Å². The Bertz CT molecular complexity index is 316. The van der Waals surface area contributed by atoms with Crippen LogP contribution in [0.3, 0.4) is 0 Å². The van der Waals surface area contributed by atoms with E-state index in [1.54, 1.807) is 0 Å². The molecule has 1 aromatic rings. The summed E-state index contributed by atoms with van der Waals surface area (Å²) in [6.45, 7) is 7.01. The largest absolute Gasteiger partial charge is 0.494 e. The van der Waals surface area contributed by atoms with Crippen molar-refractivity contribution in [2.45, 2.75) is 58.5 Å². The first-order valence-corrected chi connectivity index (χ1v) is 7.04. The lowest BCUT2D eigenvalue weighted by molar-refractivity contribution is 0.177. The molecule has 0 amide bonds. The van der Waals surface area contributed by atoms with Gasteiger partial charge < -0.3 is 9.84 Å². The Morgan fingerprint density at radius 3 is 2.33 bits per heavy atom. The third-order valence-electron chi connectivity index (χ3n) is 3.35. The van der Waals surface area contributed by atoms with Gasteiger partial charge in [0.05, 0.1) is 12.7 Å². The van der Waals surface area contributed by atoms with Crippen LogP contribution in [-0.2, 0) is 0 Å². The Morgan fingerprint density at radius 1 is 1.11 bits per heavy atom. The lowest BCUT2D eigenvalue weighted by Gasteiger charge is -2.11. The molecule has 1 rings (SSSR count). The molecule has 0 aliphatic carbocycles. The van der Waals surface area contributed by atoms with E-state index in [4.69, 9.17) is 9.84 Å². The molecule has 1 N–H and O–H groups in total. The monoisotopic (exact) mass is 250 g/mol. The molecule has 2 nitrogen and oxygen atoms in total. The van der Waals surface area contributed by atoms with Gasteiger partial charge in [0.2, 0.25) is 0 Å². The van der Waals surface area contributed by atoms with Gasteiger partial charge in [-0.25, -0.2) is 0 Å². The summed E-state index contributed by atoms with van der Waals surface area (Å²) in [5.74, 6) is 1.56. The molecule has 18 heavy (non-hydrogen) atoms. The van der Waals surface area contributed by atoms with Crippen LogP contribution < -0.4 is 4.74 Å². The Labute approximate surface area is 111 Å². The van der Waals surface area contributed by atoms with Gasteiger partial charge in [0.1, 0.15) is 5.75 Å². The van der Waals surface area contributed by atoms with Crippen molar-refractivity contribution in [1.82, 2.24) is 0 Å². The molecule has 0 fully saturated rings. The summed E-state index contributed by atoms with van der Waals surface area (Å²) < 4.78 is 5.67. The van der Waals surface area contributed by atoms with Gasteiger partial charge in [-0.1, -0.05) is 26.0 Å². The Kier molecular flexibility index (Phi) is 6.81. The first kappa shape index (κ1) is 15.0. The molecule has 2 atom stereocenters. The van der Waals surface area contributed by atoms with Crippen molar-refractivity contribution in [2.24, 2.45) is 0 Å². The van der Waals surface area contributed by atoms with Crippen molar-refractivity contribution in [3.63, 3.8) is 0 Å². The molecule has 102 valence electrons. The molecular weight excluding hydrogens is 224 g/mol. The highest BCUT2D eigenvalue weighted by Gasteiger charge is 2.02. The molecule has 0 saturated heterocycles. The zero-order valence-corrected chi connectivity index (χ0v) is 11.9. The number of aliphatic hydroxyl groups excluding tert-OH is 1. The molecular formula is C16H26O2. The van der Waals surface area contributed by atoms with Gasteiger partial charge >= 0.3 is 0 Å². The van der Waals surface area contributed by atoms with Gasteiger partial charge in [0.15, 0.2) is 0 Å². The Balaban J connectivity index is 2.27. The molecule has 0 aliphatic rings. The lowest BCUT2D eigenvalue weighted by atomic mass is 9.99. The molecule has 0 radical (unpaired) electrons. The van der Waals surface area contributed by atoms with E-state index in [-0.39, 0.29) is 6.10 Å². The quantitative estimate of drug-likeness (QED) is 0.703. The number of rotatable bonds is 8. The van der Waals surface area contributed by atoms with Gasteiger partial charge in [0.25, 0.3) is 0 Å². The number of hydrogen-bond donors (Lipinski definition) is 1. The van der Waals surface area contributed by atoms with E-state index in [2.05, 4.69) is 38.1 Å². The van der Waals surface area contributed by atoms with Crippen molar-refractivity contribution in [3.05, 3.63) is 29.8 Å². The van der Waals surface area contributed by atoms with Gasteiger partial charge in [0, 0.05) is 0 Å². The normalized spacial score (nSPS) is 14.2. The van der Waals surface area contributed by atoms with Crippen LogP contribution in [0.15, 0.2) is 24.3 Å². The molecule has 0 heterocycles. The second-order valence-electron chi connectivity index (χ2n) is 5.07. The van der Waals surface area contributed by atoms with Crippen molar-refractivity contribution >= 4 is 0 Å². The summed E-state index contributed by atoms with van der Waals surface area (Å²) in [5.41, 5.74) is 1.37. The first-order valence-electron chi connectivity index (χ1n) is 7.04. The summed E-state index contributed by atoms with van der Waals surface area (Å²) in [7, 11) is 0. The second-order valence-corrected chi connectivity index (χ2v) is 5.07. The minimum atomic E-state index is -0.195. The highest BCUT2D eigenvalue weighted by atomic mass is 16.5. The van der Waals surface area contributed by atoms with E-state index in [1.807, 2.05) is 6.92 Å². The maximum Gasteiger partial charge on any atom is 0.119 e. The fourth-order valence-electron chi connectivity index (χ4n) is 1.86. The number of ether oxygens (including phenoxy) is 1. The predicted octanol–water partition coefficient (Wildman–Crippen LogP) is 4.13. The lowest BCUT2D eigenvalue weighted by Crippen LogP contribution is -2.02. The fourth-order valence-corrected chi connectivity index (χ4v) is 1.86. The van der Waals surface area contributed by atoms with Crippen LogP contribution in [0.2, 0.25) is 0 Å². The molecule has 0 aromatic heterocycles. The molecule has 2 unspecified atom stereocenters. The van der Waals surface area contributed by atoms with Crippen LogP contribution in [0.1, 0.15) is 57.9 Å². The second kappa shape index (κ2) is 8.15. The van der Waals surface area contributed by atoms with Crippen molar-refractivity contribution in [1.29, 1.82) is 0 Å². The molecule has 0 bridgehead atoms. The SMILES string of the molecule is CCC(C)c1ccc(OCCCCC(C)O)cc1. The smallest absolute Gasteiger partial charge is 0.119 e. The molecule has 0 aliphatic heterocycles. The average Bonchev–Trinajstić information content (AvgIpc) is 2.38. The summed E-state index contributed by atoms with van der Waals surface area (Å²) in [4.78, 5) is 0. The van der Waals surface area contributed by atoms with Gasteiger partial charge in [-0.3, -0.25) is 0 Å². The summed E-state index contributed by atoms with van der Waals surface area (Å²) in [6.07, 6.45) is 3.84. The van der Waals surface area contributed by atoms with Crippen LogP contribution in [0, 0.1) is 0 Å². The summed E-state index contributed by atoms with van der Waals surface area (Å²) in [5, 5.41) is 9.13. The van der Waals surface area contributed by atoms with Crippen molar-refractivity contribution in [3.8, 4) is 5.75 Å². The third kappa shape index (κ3) is 5.54. The summed E-state index contributed by atoms with van der Waals surface area (Å²) >= 11 is 0. The van der Waals surface area contributed by atoms with Crippen LogP contribution in [0.25, 0.3) is 0 Å². The maximum atomic E-state index is 9.13. The van der Waals surface area contributed by atoms with E-state index in [0.717, 1.165) is 31.6 Å². The van der Waals surface area contributed by atoms with Crippen LogP contribution in [0.5, 0.6) is 5.75 Å². The van der Waals surface area contributed by atoms with E-state index in [9.17, 15) is 0 Å². The molecule has 0 saturated carbocycles.